The molecule has 22 heavy (non-hydrogen) atoms. The van der Waals surface area contributed by atoms with Crippen molar-refractivity contribution in [1.82, 2.24) is 10.2 Å². The minimum atomic E-state index is 0.832. The van der Waals surface area contributed by atoms with E-state index >= 15 is 0 Å². The zero-order valence-corrected chi connectivity index (χ0v) is 14.7. The van der Waals surface area contributed by atoms with Crippen LogP contribution in [0.3, 0.4) is 0 Å². The molecule has 3 nitrogen and oxygen atoms in total. The maximum atomic E-state index is 5.84. The topological polar surface area (TPSA) is 24.5 Å². The Hall–Kier alpha value is -1.06. The van der Waals surface area contributed by atoms with Gasteiger partial charge in [-0.2, -0.15) is 0 Å². The highest BCUT2D eigenvalue weighted by Crippen LogP contribution is 2.14. The van der Waals surface area contributed by atoms with Gasteiger partial charge in [0.1, 0.15) is 5.75 Å². The number of hydrogen-bond acceptors (Lipinski definition) is 3. The predicted molar refractivity (Wildman–Crippen MR) is 95.6 cm³/mol. The van der Waals surface area contributed by atoms with Crippen molar-refractivity contribution >= 4 is 0 Å². The highest BCUT2D eigenvalue weighted by molar-refractivity contribution is 5.28. The van der Waals surface area contributed by atoms with Crippen LogP contribution in [0.25, 0.3) is 0 Å². The molecule has 0 radical (unpaired) electrons. The first-order valence-electron chi connectivity index (χ1n) is 8.94. The average Bonchev–Trinajstić information content (AvgIpc) is 2.55. The van der Waals surface area contributed by atoms with Gasteiger partial charge in [-0.3, -0.25) is 0 Å². The van der Waals surface area contributed by atoms with Crippen LogP contribution in [0.4, 0.5) is 0 Å². The molecule has 0 spiro atoms. The summed E-state index contributed by atoms with van der Waals surface area (Å²) < 4.78 is 5.84. The van der Waals surface area contributed by atoms with Gasteiger partial charge in [0.05, 0.1) is 6.61 Å². The van der Waals surface area contributed by atoms with Gasteiger partial charge in [-0.1, -0.05) is 52.2 Å². The van der Waals surface area contributed by atoms with Gasteiger partial charge in [0, 0.05) is 19.6 Å². The van der Waals surface area contributed by atoms with Gasteiger partial charge in [0.15, 0.2) is 0 Å². The van der Waals surface area contributed by atoms with Crippen molar-refractivity contribution in [2.45, 2.75) is 53.0 Å². The summed E-state index contributed by atoms with van der Waals surface area (Å²) in [5, 5.41) is 3.51. The second-order valence-corrected chi connectivity index (χ2v) is 5.76. The van der Waals surface area contributed by atoms with E-state index in [1.807, 2.05) is 0 Å². The molecule has 0 aromatic heterocycles. The molecule has 1 N–H and O–H groups in total. The summed E-state index contributed by atoms with van der Waals surface area (Å²) >= 11 is 0. The number of hydrogen-bond donors (Lipinski definition) is 1. The van der Waals surface area contributed by atoms with Gasteiger partial charge in [-0.25, -0.2) is 0 Å². The number of unbranched alkanes of at least 4 members (excludes halogenated alkanes) is 3. The molecule has 3 heteroatoms. The first kappa shape index (κ1) is 19.0. The molecule has 1 rings (SSSR count). The van der Waals surface area contributed by atoms with Gasteiger partial charge < -0.3 is 15.0 Å². The molecule has 0 bridgehead atoms. The molecule has 0 heterocycles. The molecule has 0 aliphatic heterocycles. The standard InChI is InChI=1S/C19H34N2O/c1-4-7-8-9-15-22-19-12-10-11-18(16-19)17-20-13-14-21(5-2)6-3/h10-12,16,20H,4-9,13-15,17H2,1-3H3. The minimum absolute atomic E-state index is 0.832. The monoisotopic (exact) mass is 306 g/mol. The number of benzene rings is 1. The van der Waals surface area contributed by atoms with Gasteiger partial charge >= 0.3 is 0 Å². The lowest BCUT2D eigenvalue weighted by molar-refractivity contribution is 0.301. The van der Waals surface area contributed by atoms with Gasteiger partial charge in [-0.05, 0) is 37.2 Å². The summed E-state index contributed by atoms with van der Waals surface area (Å²) in [5.74, 6) is 1.000. The summed E-state index contributed by atoms with van der Waals surface area (Å²) in [6.07, 6.45) is 5.00. The Morgan fingerprint density at radius 1 is 1.05 bits per heavy atom. The van der Waals surface area contributed by atoms with Crippen LogP contribution in [0.2, 0.25) is 0 Å². The fourth-order valence-electron chi connectivity index (χ4n) is 2.47. The van der Waals surface area contributed by atoms with Crippen molar-refractivity contribution in [2.24, 2.45) is 0 Å². The first-order valence-corrected chi connectivity index (χ1v) is 8.94. The summed E-state index contributed by atoms with van der Waals surface area (Å²) in [4.78, 5) is 2.43. The van der Waals surface area contributed by atoms with Crippen LogP contribution < -0.4 is 10.1 Å². The molecule has 1 aromatic carbocycles. The van der Waals surface area contributed by atoms with Crippen LogP contribution in [0, 0.1) is 0 Å². The molecule has 0 amide bonds. The lowest BCUT2D eigenvalue weighted by atomic mass is 10.2. The molecule has 0 aliphatic carbocycles. The summed E-state index contributed by atoms with van der Waals surface area (Å²) in [7, 11) is 0. The van der Waals surface area contributed by atoms with Gasteiger partial charge in [-0.15, -0.1) is 0 Å². The Morgan fingerprint density at radius 3 is 2.59 bits per heavy atom. The Kier molecular flexibility index (Phi) is 10.8. The Bertz CT molecular complexity index is 377. The van der Waals surface area contributed by atoms with E-state index in [0.717, 1.165) is 51.5 Å². The highest BCUT2D eigenvalue weighted by Gasteiger charge is 2.00. The smallest absolute Gasteiger partial charge is 0.119 e. The van der Waals surface area contributed by atoms with E-state index in [9.17, 15) is 0 Å². The van der Waals surface area contributed by atoms with Crippen molar-refractivity contribution in [3.05, 3.63) is 29.8 Å². The Balaban J connectivity index is 2.23. The van der Waals surface area contributed by atoms with Crippen LogP contribution in [0.15, 0.2) is 24.3 Å². The minimum Gasteiger partial charge on any atom is -0.494 e. The fraction of sp³-hybridized carbons (Fsp3) is 0.684. The third-order valence-electron chi connectivity index (χ3n) is 3.99. The van der Waals surface area contributed by atoms with Gasteiger partial charge in [0.25, 0.3) is 0 Å². The molecule has 126 valence electrons. The maximum Gasteiger partial charge on any atom is 0.119 e. The lowest BCUT2D eigenvalue weighted by Gasteiger charge is -2.18. The van der Waals surface area contributed by atoms with Crippen LogP contribution >= 0.6 is 0 Å². The average molecular weight is 306 g/mol. The van der Waals surface area contributed by atoms with Crippen molar-refractivity contribution in [1.29, 1.82) is 0 Å². The molecular formula is C19H34N2O. The number of ether oxygens (including phenoxy) is 1. The molecule has 1 aromatic rings. The van der Waals surface area contributed by atoms with Crippen LogP contribution in [0.1, 0.15) is 52.0 Å². The molecule has 0 saturated carbocycles. The Labute approximate surface area is 137 Å². The number of likely N-dealkylation sites (N-methyl/N-ethyl adjacent to an activating group) is 1. The molecular weight excluding hydrogens is 272 g/mol. The van der Waals surface area contributed by atoms with E-state index in [4.69, 9.17) is 4.74 Å². The molecule has 0 saturated heterocycles. The van der Waals surface area contributed by atoms with Crippen molar-refractivity contribution in [3.8, 4) is 5.75 Å². The van der Waals surface area contributed by atoms with E-state index in [-0.39, 0.29) is 0 Å². The van der Waals surface area contributed by atoms with E-state index in [0.29, 0.717) is 0 Å². The SMILES string of the molecule is CCCCCCOc1cccc(CNCCN(CC)CC)c1. The summed E-state index contributed by atoms with van der Waals surface area (Å²) in [5.41, 5.74) is 1.30. The largest absolute Gasteiger partial charge is 0.494 e. The van der Waals surface area contributed by atoms with Crippen LogP contribution in [0.5, 0.6) is 5.75 Å². The van der Waals surface area contributed by atoms with Crippen molar-refractivity contribution in [3.63, 3.8) is 0 Å². The van der Waals surface area contributed by atoms with E-state index in [1.54, 1.807) is 0 Å². The normalized spacial score (nSPS) is 11.1. The summed E-state index contributed by atoms with van der Waals surface area (Å²) in [6, 6.07) is 8.46. The van der Waals surface area contributed by atoms with E-state index < -0.39 is 0 Å². The second kappa shape index (κ2) is 12.5. The van der Waals surface area contributed by atoms with Gasteiger partial charge in [0.2, 0.25) is 0 Å². The third-order valence-corrected chi connectivity index (χ3v) is 3.99. The van der Waals surface area contributed by atoms with Crippen molar-refractivity contribution < 1.29 is 4.74 Å². The number of nitrogens with one attached hydrogen (secondary N) is 1. The quantitative estimate of drug-likeness (QED) is 0.556. The molecule has 0 fully saturated rings. The van der Waals surface area contributed by atoms with E-state index in [2.05, 4.69) is 55.3 Å². The second-order valence-electron chi connectivity index (χ2n) is 5.76. The van der Waals surface area contributed by atoms with Crippen molar-refractivity contribution in [2.75, 3.05) is 32.8 Å². The fourth-order valence-corrected chi connectivity index (χ4v) is 2.47. The Morgan fingerprint density at radius 2 is 1.86 bits per heavy atom. The lowest BCUT2D eigenvalue weighted by Crippen LogP contribution is -2.31. The number of rotatable bonds is 13. The third kappa shape index (κ3) is 8.40. The molecule has 0 aliphatic rings. The zero-order chi connectivity index (χ0) is 16.0. The number of nitrogens with zero attached hydrogens (tertiary/aromatic N) is 1. The van der Waals surface area contributed by atoms with E-state index in [1.165, 1.54) is 24.8 Å². The molecule has 0 atom stereocenters. The highest BCUT2D eigenvalue weighted by atomic mass is 16.5. The first-order chi connectivity index (χ1) is 10.8. The zero-order valence-electron chi connectivity index (χ0n) is 14.7. The van der Waals surface area contributed by atoms with Crippen LogP contribution in [-0.4, -0.2) is 37.7 Å². The maximum absolute atomic E-state index is 5.84. The predicted octanol–water partition coefficient (Wildman–Crippen LogP) is 4.08. The van der Waals surface area contributed by atoms with Crippen LogP contribution in [-0.2, 0) is 6.54 Å². The summed E-state index contributed by atoms with van der Waals surface area (Å²) in [6.45, 7) is 12.8. The molecule has 0 unspecified atom stereocenters.